The van der Waals surface area contributed by atoms with Gasteiger partial charge >= 0.3 is 18.3 Å². The average molecular weight is 731 g/mol. The smallest absolute Gasteiger partial charge is 0.475 e. The molecule has 3 saturated heterocycles. The summed E-state index contributed by atoms with van der Waals surface area (Å²) in [4.78, 5) is 42.0. The number of piperidine rings is 1. The minimum absolute atomic E-state index is 0.0997. The zero-order chi connectivity index (χ0) is 37.2. The standard InChI is InChI=1S/C30H32F4N6O2S.C2HF3O2/c1-29(2)27(42)39(21-4-3-20(17-35)24(15-21)30(32,33)34)28(43)40(29)22-5-6-23(25(31)16-22)26(41)38-11-7-19(8-12-38)18-37-13-9-36-10-14-37;3-2(4,5)1(6)7/h3-6,15-16,19,36H,7-14,18H2,1-2H3;(H,6,7). The Labute approximate surface area is 288 Å². The van der Waals surface area contributed by atoms with Crippen LogP contribution in [0.2, 0.25) is 0 Å². The van der Waals surface area contributed by atoms with E-state index in [0.29, 0.717) is 25.1 Å². The Morgan fingerprint density at radius 2 is 1.58 bits per heavy atom. The van der Waals surface area contributed by atoms with E-state index in [-0.39, 0.29) is 22.1 Å². The average Bonchev–Trinajstić information content (AvgIpc) is 3.23. The fourth-order valence-electron chi connectivity index (χ4n) is 6.02. The van der Waals surface area contributed by atoms with E-state index in [1.807, 2.05) is 0 Å². The van der Waals surface area contributed by atoms with Crippen LogP contribution in [0.3, 0.4) is 0 Å². The monoisotopic (exact) mass is 730 g/mol. The summed E-state index contributed by atoms with van der Waals surface area (Å²) < 4.78 is 88.0. The topological polar surface area (TPSA) is 120 Å². The largest absolute Gasteiger partial charge is 0.490 e. The molecule has 3 fully saturated rings. The number of carboxylic acid groups (broad SMARTS) is 1. The highest BCUT2D eigenvalue weighted by molar-refractivity contribution is 7.81. The van der Waals surface area contributed by atoms with Crippen molar-refractivity contribution >= 4 is 46.5 Å². The molecule has 2 aromatic rings. The molecular weight excluding hydrogens is 697 g/mol. The quantitative estimate of drug-likeness (QED) is 0.323. The maximum atomic E-state index is 15.5. The predicted molar refractivity (Wildman–Crippen MR) is 171 cm³/mol. The van der Waals surface area contributed by atoms with Gasteiger partial charge in [0.2, 0.25) is 0 Å². The minimum Gasteiger partial charge on any atom is -0.475 e. The zero-order valence-electron chi connectivity index (χ0n) is 26.9. The summed E-state index contributed by atoms with van der Waals surface area (Å²) in [5.74, 6) is -4.10. The number of piperazine rings is 1. The first kappa shape index (κ1) is 38.5. The normalized spacial score (nSPS) is 18.8. The molecule has 3 aliphatic rings. The van der Waals surface area contributed by atoms with E-state index in [9.17, 15) is 35.9 Å². The third-order valence-corrected chi connectivity index (χ3v) is 9.03. The molecular formula is C32H33F7N6O4S. The number of likely N-dealkylation sites (tertiary alicyclic amines) is 1. The number of carboxylic acids is 1. The Kier molecular flexibility index (Phi) is 11.4. The molecule has 270 valence electrons. The molecule has 3 aliphatic heterocycles. The molecule has 50 heavy (non-hydrogen) atoms. The van der Waals surface area contributed by atoms with Crippen LogP contribution in [-0.4, -0.2) is 95.3 Å². The van der Waals surface area contributed by atoms with Crippen molar-refractivity contribution in [1.82, 2.24) is 15.1 Å². The van der Waals surface area contributed by atoms with Crippen LogP contribution in [0.15, 0.2) is 36.4 Å². The van der Waals surface area contributed by atoms with Crippen molar-refractivity contribution in [2.24, 2.45) is 5.92 Å². The van der Waals surface area contributed by atoms with Crippen molar-refractivity contribution in [3.63, 3.8) is 0 Å². The number of nitrogens with one attached hydrogen (secondary N) is 1. The lowest BCUT2D eigenvalue weighted by atomic mass is 9.95. The molecule has 0 bridgehead atoms. The maximum Gasteiger partial charge on any atom is 0.490 e. The number of anilines is 2. The van der Waals surface area contributed by atoms with Crippen LogP contribution < -0.4 is 15.1 Å². The van der Waals surface area contributed by atoms with Gasteiger partial charge in [-0.15, -0.1) is 0 Å². The molecule has 0 radical (unpaired) electrons. The fraction of sp³-hybridized carbons (Fsp3) is 0.469. The molecule has 0 atom stereocenters. The number of carbonyl (C=O) groups is 3. The van der Waals surface area contributed by atoms with Gasteiger partial charge in [-0.05, 0) is 81.2 Å². The van der Waals surface area contributed by atoms with Gasteiger partial charge in [-0.1, -0.05) is 0 Å². The highest BCUT2D eigenvalue weighted by atomic mass is 32.1. The van der Waals surface area contributed by atoms with E-state index in [4.69, 9.17) is 27.4 Å². The minimum atomic E-state index is -5.08. The van der Waals surface area contributed by atoms with Crippen LogP contribution in [0, 0.1) is 23.1 Å². The van der Waals surface area contributed by atoms with Gasteiger partial charge in [-0.3, -0.25) is 14.5 Å². The number of rotatable bonds is 5. The molecule has 0 saturated carbocycles. The second-order valence-electron chi connectivity index (χ2n) is 12.4. The van der Waals surface area contributed by atoms with Gasteiger partial charge in [0.25, 0.3) is 11.8 Å². The second-order valence-corrected chi connectivity index (χ2v) is 12.8. The van der Waals surface area contributed by atoms with Gasteiger partial charge in [-0.25, -0.2) is 9.18 Å². The molecule has 2 N–H and O–H groups in total. The summed E-state index contributed by atoms with van der Waals surface area (Å²) in [5.41, 5.74) is -3.24. The summed E-state index contributed by atoms with van der Waals surface area (Å²) in [6.45, 7) is 9.10. The third-order valence-electron chi connectivity index (χ3n) is 8.67. The van der Waals surface area contributed by atoms with Crippen LogP contribution in [0.1, 0.15) is 48.2 Å². The number of alkyl halides is 6. The van der Waals surface area contributed by atoms with Gasteiger partial charge in [0.15, 0.2) is 5.11 Å². The molecule has 0 spiro atoms. The molecule has 2 amide bonds. The molecule has 0 unspecified atom stereocenters. The van der Waals surface area contributed by atoms with Crippen molar-refractivity contribution in [2.45, 2.75) is 44.6 Å². The highest BCUT2D eigenvalue weighted by Crippen LogP contribution is 2.40. The molecule has 0 aliphatic carbocycles. The molecule has 0 aromatic heterocycles. The highest BCUT2D eigenvalue weighted by Gasteiger charge is 2.51. The van der Waals surface area contributed by atoms with E-state index in [1.54, 1.807) is 4.90 Å². The number of thiocarbonyl (C=S) groups is 1. The van der Waals surface area contributed by atoms with E-state index in [0.717, 1.165) is 62.6 Å². The molecule has 2 aromatic carbocycles. The van der Waals surface area contributed by atoms with Crippen molar-refractivity contribution in [3.05, 3.63) is 58.9 Å². The SMILES string of the molecule is CC1(C)C(=O)N(c2ccc(C#N)c(C(F)(F)F)c2)C(=S)N1c1ccc(C(=O)N2CCC(CN3CCNCC3)CC2)c(F)c1.O=C(O)C(F)(F)F. The Morgan fingerprint density at radius 3 is 2.10 bits per heavy atom. The van der Waals surface area contributed by atoms with E-state index >= 15 is 4.39 Å². The van der Waals surface area contributed by atoms with Crippen LogP contribution >= 0.6 is 12.2 Å². The van der Waals surface area contributed by atoms with Crippen molar-refractivity contribution in [2.75, 3.05) is 55.6 Å². The summed E-state index contributed by atoms with van der Waals surface area (Å²) in [5, 5.41) is 19.4. The number of halogens is 7. The first-order valence-electron chi connectivity index (χ1n) is 15.4. The first-order chi connectivity index (χ1) is 23.3. The lowest BCUT2D eigenvalue weighted by Gasteiger charge is -2.36. The number of nitriles is 1. The van der Waals surface area contributed by atoms with Crippen LogP contribution in [-0.2, 0) is 15.8 Å². The lowest BCUT2D eigenvalue weighted by Crippen LogP contribution is -2.47. The number of aliphatic carboxylic acids is 1. The number of carbonyl (C=O) groups excluding carboxylic acids is 2. The Hall–Kier alpha value is -4.34. The Morgan fingerprint density at radius 1 is 1.00 bits per heavy atom. The van der Waals surface area contributed by atoms with Gasteiger partial charge < -0.3 is 25.1 Å². The van der Waals surface area contributed by atoms with E-state index in [1.165, 1.54) is 43.0 Å². The maximum absolute atomic E-state index is 15.5. The fourth-order valence-corrected chi connectivity index (χ4v) is 6.55. The summed E-state index contributed by atoms with van der Waals surface area (Å²) in [6.07, 6.45) is -8.23. The summed E-state index contributed by atoms with van der Waals surface area (Å²) in [7, 11) is 0. The summed E-state index contributed by atoms with van der Waals surface area (Å²) in [6, 6.07) is 8.38. The number of amides is 2. The van der Waals surface area contributed by atoms with Crippen LogP contribution in [0.25, 0.3) is 0 Å². The van der Waals surface area contributed by atoms with Gasteiger partial charge in [0.1, 0.15) is 11.4 Å². The number of benzene rings is 2. The summed E-state index contributed by atoms with van der Waals surface area (Å²) >= 11 is 5.53. The number of hydrogen-bond donors (Lipinski definition) is 2. The van der Waals surface area contributed by atoms with Crippen molar-refractivity contribution in [3.8, 4) is 6.07 Å². The van der Waals surface area contributed by atoms with Crippen LogP contribution in [0.4, 0.5) is 42.1 Å². The van der Waals surface area contributed by atoms with Gasteiger partial charge in [0.05, 0.1) is 28.4 Å². The second kappa shape index (κ2) is 14.9. The molecule has 10 nitrogen and oxygen atoms in total. The van der Waals surface area contributed by atoms with Gasteiger partial charge in [-0.2, -0.15) is 31.6 Å². The third kappa shape index (κ3) is 8.33. The number of nitrogens with zero attached hydrogens (tertiary/aromatic N) is 5. The van der Waals surface area contributed by atoms with Crippen molar-refractivity contribution < 1.29 is 50.2 Å². The van der Waals surface area contributed by atoms with Crippen LogP contribution in [0.5, 0.6) is 0 Å². The predicted octanol–water partition coefficient (Wildman–Crippen LogP) is 5.02. The Bertz CT molecular complexity index is 1680. The molecule has 18 heteroatoms. The Balaban J connectivity index is 0.000000727. The molecule has 5 rings (SSSR count). The van der Waals surface area contributed by atoms with E-state index < -0.39 is 52.6 Å². The van der Waals surface area contributed by atoms with Crippen molar-refractivity contribution in [1.29, 1.82) is 5.26 Å². The lowest BCUT2D eigenvalue weighted by molar-refractivity contribution is -0.192. The van der Waals surface area contributed by atoms with Gasteiger partial charge in [0, 0.05) is 51.5 Å². The zero-order valence-corrected chi connectivity index (χ0v) is 27.7. The molecule has 3 heterocycles. The van der Waals surface area contributed by atoms with E-state index in [2.05, 4.69) is 10.2 Å². The number of hydrogen-bond acceptors (Lipinski definition) is 7. The first-order valence-corrected chi connectivity index (χ1v) is 15.8.